The second-order valence-corrected chi connectivity index (χ2v) is 8.65. The van der Waals surface area contributed by atoms with Crippen LogP contribution in [0.1, 0.15) is 22.8 Å². The van der Waals surface area contributed by atoms with E-state index in [2.05, 4.69) is 10.0 Å². The molecule has 0 atom stereocenters. The lowest BCUT2D eigenvalue weighted by Crippen LogP contribution is -2.14. The molecular formula is C21H18ClN3O5S. The zero-order chi connectivity index (χ0) is 22.6. The summed E-state index contributed by atoms with van der Waals surface area (Å²) in [4.78, 5) is 22.9. The van der Waals surface area contributed by atoms with E-state index in [1.807, 2.05) is 6.92 Å². The molecule has 8 nitrogen and oxygen atoms in total. The highest BCUT2D eigenvalue weighted by Gasteiger charge is 2.17. The Morgan fingerprint density at radius 2 is 1.61 bits per heavy atom. The molecule has 0 saturated heterocycles. The number of sulfonamides is 1. The Labute approximate surface area is 184 Å². The maximum absolute atomic E-state index is 12.5. The number of nitrogens with one attached hydrogen (secondary N) is 2. The summed E-state index contributed by atoms with van der Waals surface area (Å²) in [5.74, 6) is -0.627. The minimum atomic E-state index is -3.75. The number of aryl methyl sites for hydroxylation is 1. The van der Waals surface area contributed by atoms with Crippen LogP contribution in [0, 0.1) is 10.1 Å². The number of amides is 1. The van der Waals surface area contributed by atoms with E-state index in [1.165, 1.54) is 36.4 Å². The van der Waals surface area contributed by atoms with E-state index < -0.39 is 20.9 Å². The van der Waals surface area contributed by atoms with Gasteiger partial charge in [0.1, 0.15) is 0 Å². The molecule has 0 radical (unpaired) electrons. The second kappa shape index (κ2) is 9.15. The maximum atomic E-state index is 12.5. The largest absolute Gasteiger partial charge is 0.322 e. The predicted molar refractivity (Wildman–Crippen MR) is 119 cm³/mol. The molecule has 3 rings (SSSR count). The highest BCUT2D eigenvalue weighted by atomic mass is 35.5. The molecule has 0 fully saturated rings. The first-order valence-electron chi connectivity index (χ1n) is 9.16. The zero-order valence-electron chi connectivity index (χ0n) is 16.3. The Morgan fingerprint density at radius 3 is 2.19 bits per heavy atom. The molecule has 0 heterocycles. The number of anilines is 2. The van der Waals surface area contributed by atoms with E-state index in [0.29, 0.717) is 11.4 Å². The van der Waals surface area contributed by atoms with Crippen molar-refractivity contribution in [2.24, 2.45) is 0 Å². The van der Waals surface area contributed by atoms with Gasteiger partial charge >= 0.3 is 0 Å². The van der Waals surface area contributed by atoms with Crippen LogP contribution in [-0.2, 0) is 16.4 Å². The summed E-state index contributed by atoms with van der Waals surface area (Å²) in [6, 6.07) is 16.1. The molecule has 3 aromatic rings. The van der Waals surface area contributed by atoms with Crippen LogP contribution in [-0.4, -0.2) is 19.2 Å². The van der Waals surface area contributed by atoms with Crippen LogP contribution >= 0.6 is 11.6 Å². The molecule has 2 N–H and O–H groups in total. The number of benzene rings is 3. The van der Waals surface area contributed by atoms with Crippen molar-refractivity contribution in [1.82, 2.24) is 0 Å². The number of nitro groups is 1. The van der Waals surface area contributed by atoms with Gasteiger partial charge in [-0.2, -0.15) is 0 Å². The van der Waals surface area contributed by atoms with Crippen LogP contribution in [0.2, 0.25) is 5.02 Å². The van der Waals surface area contributed by atoms with Crippen LogP contribution in [0.4, 0.5) is 17.1 Å². The molecule has 31 heavy (non-hydrogen) atoms. The standard InChI is InChI=1S/C21H18ClN3O5S/c1-2-14-3-10-18(11-4-14)31(29,30)24-16-7-5-15(6-8-16)23-21(26)19-13-17(25(27)28)9-12-20(19)22/h3-13,24H,2H2,1H3,(H,23,26). The van der Waals surface area contributed by atoms with E-state index >= 15 is 0 Å². The van der Waals surface area contributed by atoms with Crippen molar-refractivity contribution >= 4 is 44.6 Å². The first-order chi connectivity index (χ1) is 14.7. The minimum absolute atomic E-state index is 0.0452. The maximum Gasteiger partial charge on any atom is 0.270 e. The van der Waals surface area contributed by atoms with Gasteiger partial charge in [-0.3, -0.25) is 19.6 Å². The highest BCUT2D eigenvalue weighted by Crippen LogP contribution is 2.24. The van der Waals surface area contributed by atoms with Gasteiger partial charge in [-0.05, 0) is 54.4 Å². The van der Waals surface area contributed by atoms with Gasteiger partial charge in [-0.25, -0.2) is 8.42 Å². The molecular weight excluding hydrogens is 442 g/mol. The molecule has 3 aromatic carbocycles. The Kier molecular flexibility index (Phi) is 6.57. The summed E-state index contributed by atoms with van der Waals surface area (Å²) in [5.41, 5.74) is 1.40. The number of hydrogen-bond donors (Lipinski definition) is 2. The smallest absolute Gasteiger partial charge is 0.270 e. The molecule has 0 aliphatic heterocycles. The monoisotopic (exact) mass is 459 g/mol. The first kappa shape index (κ1) is 22.3. The van der Waals surface area contributed by atoms with Crippen molar-refractivity contribution in [1.29, 1.82) is 0 Å². The van der Waals surface area contributed by atoms with Crippen molar-refractivity contribution in [3.05, 3.63) is 93.0 Å². The number of halogens is 1. The van der Waals surface area contributed by atoms with Gasteiger partial charge in [0.25, 0.3) is 21.6 Å². The molecule has 0 aliphatic carbocycles. The van der Waals surface area contributed by atoms with E-state index in [-0.39, 0.29) is 21.2 Å². The van der Waals surface area contributed by atoms with Gasteiger partial charge in [0, 0.05) is 23.5 Å². The SMILES string of the molecule is CCc1ccc(S(=O)(=O)Nc2ccc(NC(=O)c3cc([N+](=O)[O-])ccc3Cl)cc2)cc1. The number of nitrogens with zero attached hydrogens (tertiary/aromatic N) is 1. The van der Waals surface area contributed by atoms with E-state index in [1.54, 1.807) is 24.3 Å². The Morgan fingerprint density at radius 1 is 1.00 bits per heavy atom. The molecule has 0 aliphatic rings. The average molecular weight is 460 g/mol. The summed E-state index contributed by atoms with van der Waals surface area (Å²) in [5, 5.41) is 13.6. The van der Waals surface area contributed by atoms with E-state index in [9.17, 15) is 23.3 Å². The van der Waals surface area contributed by atoms with Crippen LogP contribution in [0.5, 0.6) is 0 Å². The lowest BCUT2D eigenvalue weighted by Gasteiger charge is -2.10. The fourth-order valence-electron chi connectivity index (χ4n) is 2.74. The van der Waals surface area contributed by atoms with Gasteiger partial charge in [0.2, 0.25) is 0 Å². The van der Waals surface area contributed by atoms with Crippen LogP contribution < -0.4 is 10.0 Å². The molecule has 10 heteroatoms. The number of nitro benzene ring substituents is 1. The van der Waals surface area contributed by atoms with E-state index in [0.717, 1.165) is 18.1 Å². The normalized spacial score (nSPS) is 11.0. The lowest BCUT2D eigenvalue weighted by atomic mass is 10.2. The lowest BCUT2D eigenvalue weighted by molar-refractivity contribution is -0.384. The second-order valence-electron chi connectivity index (χ2n) is 6.56. The van der Waals surface area contributed by atoms with Crippen LogP contribution in [0.3, 0.4) is 0 Å². The molecule has 0 unspecified atom stereocenters. The summed E-state index contributed by atoms with van der Waals surface area (Å²) in [6.07, 6.45) is 0.808. The quantitative estimate of drug-likeness (QED) is 0.386. The predicted octanol–water partition coefficient (Wildman–Crippen LogP) is 4.86. The van der Waals surface area contributed by atoms with Crippen molar-refractivity contribution in [3.63, 3.8) is 0 Å². The summed E-state index contributed by atoms with van der Waals surface area (Å²) in [6.45, 7) is 1.98. The van der Waals surface area contributed by atoms with Crippen LogP contribution in [0.25, 0.3) is 0 Å². The van der Waals surface area contributed by atoms with Crippen molar-refractivity contribution in [2.75, 3.05) is 10.0 Å². The average Bonchev–Trinajstić information content (AvgIpc) is 2.75. The number of non-ortho nitro benzene ring substituents is 1. The van der Waals surface area contributed by atoms with Gasteiger partial charge in [-0.15, -0.1) is 0 Å². The summed E-state index contributed by atoms with van der Waals surface area (Å²) in [7, 11) is -3.75. The van der Waals surface area contributed by atoms with Crippen molar-refractivity contribution in [3.8, 4) is 0 Å². The van der Waals surface area contributed by atoms with Gasteiger partial charge in [-0.1, -0.05) is 30.7 Å². The van der Waals surface area contributed by atoms with Crippen molar-refractivity contribution < 1.29 is 18.1 Å². The van der Waals surface area contributed by atoms with Crippen LogP contribution in [0.15, 0.2) is 71.6 Å². The number of rotatable bonds is 7. The summed E-state index contributed by atoms with van der Waals surface area (Å²) < 4.78 is 27.5. The highest BCUT2D eigenvalue weighted by molar-refractivity contribution is 7.92. The third-order valence-electron chi connectivity index (χ3n) is 4.44. The topological polar surface area (TPSA) is 118 Å². The fourth-order valence-corrected chi connectivity index (χ4v) is 4.00. The summed E-state index contributed by atoms with van der Waals surface area (Å²) >= 11 is 5.98. The first-order valence-corrected chi connectivity index (χ1v) is 11.0. The number of hydrogen-bond acceptors (Lipinski definition) is 5. The third kappa shape index (κ3) is 5.39. The molecule has 1 amide bonds. The van der Waals surface area contributed by atoms with E-state index in [4.69, 9.17) is 11.6 Å². The molecule has 0 spiro atoms. The Bertz CT molecular complexity index is 1230. The molecule has 0 saturated carbocycles. The van der Waals surface area contributed by atoms with Gasteiger partial charge in [0.05, 0.1) is 20.4 Å². The minimum Gasteiger partial charge on any atom is -0.322 e. The zero-order valence-corrected chi connectivity index (χ0v) is 17.9. The molecule has 0 aromatic heterocycles. The number of carbonyl (C=O) groups excluding carboxylic acids is 1. The van der Waals surface area contributed by atoms with Gasteiger partial charge < -0.3 is 5.32 Å². The fraction of sp³-hybridized carbons (Fsp3) is 0.0952. The molecule has 0 bridgehead atoms. The van der Waals surface area contributed by atoms with Crippen molar-refractivity contribution in [2.45, 2.75) is 18.2 Å². The number of carbonyl (C=O) groups is 1. The third-order valence-corrected chi connectivity index (χ3v) is 6.17. The van der Waals surface area contributed by atoms with Gasteiger partial charge in [0.15, 0.2) is 0 Å². The Balaban J connectivity index is 1.72. The molecule has 160 valence electrons. The Hall–Kier alpha value is -3.43.